The highest BCUT2D eigenvalue weighted by molar-refractivity contribution is 5.95. The molecule has 3 aromatic rings. The summed E-state index contributed by atoms with van der Waals surface area (Å²) in [4.78, 5) is 0. The van der Waals surface area contributed by atoms with E-state index in [-0.39, 0.29) is 0 Å². The molecule has 3 aromatic carbocycles. The van der Waals surface area contributed by atoms with Gasteiger partial charge in [0.15, 0.2) is 5.79 Å². The van der Waals surface area contributed by atoms with Crippen LogP contribution in [0.4, 0.5) is 0 Å². The predicted octanol–water partition coefficient (Wildman–Crippen LogP) is 3.21. The van der Waals surface area contributed by atoms with Crippen LogP contribution < -0.4 is 10.4 Å². The van der Waals surface area contributed by atoms with E-state index < -0.39 is 5.79 Å². The van der Waals surface area contributed by atoms with E-state index >= 15 is 0 Å². The van der Waals surface area contributed by atoms with Crippen LogP contribution in [0.5, 0.6) is 0 Å². The molecular formula is C22H20O2. The zero-order valence-corrected chi connectivity index (χ0v) is 14.0. The topological polar surface area (TPSA) is 18.5 Å². The summed E-state index contributed by atoms with van der Waals surface area (Å²) >= 11 is 0. The van der Waals surface area contributed by atoms with Crippen molar-refractivity contribution in [2.45, 2.75) is 12.2 Å². The molecule has 0 radical (unpaired) electrons. The largest absolute Gasteiger partial charge is 0.349 e. The van der Waals surface area contributed by atoms with Crippen molar-refractivity contribution >= 4 is 22.4 Å². The van der Waals surface area contributed by atoms with E-state index in [2.05, 4.69) is 72.8 Å². The van der Waals surface area contributed by atoms with Crippen molar-refractivity contribution in [3.63, 3.8) is 0 Å². The third kappa shape index (κ3) is 2.19. The lowest BCUT2D eigenvalue weighted by atomic mass is 9.86. The second-order valence-electron chi connectivity index (χ2n) is 6.06. The van der Waals surface area contributed by atoms with Crippen LogP contribution in [-0.4, -0.2) is 20.0 Å². The van der Waals surface area contributed by atoms with Gasteiger partial charge in [-0.25, -0.2) is 0 Å². The Hall–Kier alpha value is -2.42. The maximum atomic E-state index is 5.91. The summed E-state index contributed by atoms with van der Waals surface area (Å²) in [6, 6.07) is 23.3. The highest BCUT2D eigenvalue weighted by Gasteiger charge is 2.37. The molecule has 0 heterocycles. The maximum absolute atomic E-state index is 5.91. The SMILES string of the molecule is COC1(OC)CC=c2ccccc2=C1c1cccc2ccccc12. The average molecular weight is 316 g/mol. The van der Waals surface area contributed by atoms with Gasteiger partial charge in [-0.1, -0.05) is 72.8 Å². The highest BCUT2D eigenvalue weighted by atomic mass is 16.7. The fourth-order valence-corrected chi connectivity index (χ4v) is 3.70. The smallest absolute Gasteiger partial charge is 0.199 e. The van der Waals surface area contributed by atoms with Crippen LogP contribution in [0.15, 0.2) is 66.7 Å². The van der Waals surface area contributed by atoms with Crippen LogP contribution in [-0.2, 0) is 9.47 Å². The monoisotopic (exact) mass is 316 g/mol. The zero-order chi connectivity index (χ0) is 16.6. The van der Waals surface area contributed by atoms with E-state index in [1.165, 1.54) is 21.2 Å². The van der Waals surface area contributed by atoms with Gasteiger partial charge in [-0.2, -0.15) is 0 Å². The van der Waals surface area contributed by atoms with Crippen molar-refractivity contribution in [1.29, 1.82) is 0 Å². The molecule has 1 aliphatic rings. The van der Waals surface area contributed by atoms with E-state index in [1.807, 2.05) is 0 Å². The van der Waals surface area contributed by atoms with Gasteiger partial charge in [0.05, 0.1) is 0 Å². The maximum Gasteiger partial charge on any atom is 0.199 e. The van der Waals surface area contributed by atoms with Crippen molar-refractivity contribution in [3.8, 4) is 0 Å². The number of fused-ring (bicyclic) bond motifs is 2. The predicted molar refractivity (Wildman–Crippen MR) is 98.0 cm³/mol. The van der Waals surface area contributed by atoms with Gasteiger partial charge in [0.1, 0.15) is 0 Å². The summed E-state index contributed by atoms with van der Waals surface area (Å²) < 4.78 is 11.8. The molecule has 2 nitrogen and oxygen atoms in total. The van der Waals surface area contributed by atoms with Crippen molar-refractivity contribution in [1.82, 2.24) is 0 Å². The van der Waals surface area contributed by atoms with E-state index in [1.54, 1.807) is 14.2 Å². The molecule has 0 bridgehead atoms. The third-order valence-electron chi connectivity index (χ3n) is 4.92. The van der Waals surface area contributed by atoms with Crippen molar-refractivity contribution in [2.75, 3.05) is 14.2 Å². The molecule has 24 heavy (non-hydrogen) atoms. The Morgan fingerprint density at radius 2 is 1.50 bits per heavy atom. The minimum Gasteiger partial charge on any atom is -0.349 e. The summed E-state index contributed by atoms with van der Waals surface area (Å²) in [5.41, 5.74) is 2.26. The van der Waals surface area contributed by atoms with Gasteiger partial charge in [0.2, 0.25) is 0 Å². The third-order valence-corrected chi connectivity index (χ3v) is 4.92. The quantitative estimate of drug-likeness (QED) is 0.691. The molecule has 0 saturated heterocycles. The Balaban J connectivity index is 2.18. The second-order valence-corrected chi connectivity index (χ2v) is 6.06. The fourth-order valence-electron chi connectivity index (χ4n) is 3.70. The Morgan fingerprint density at radius 1 is 0.792 bits per heavy atom. The average Bonchev–Trinajstić information content (AvgIpc) is 2.66. The Bertz CT molecular complexity index is 1010. The minimum atomic E-state index is -0.765. The van der Waals surface area contributed by atoms with Gasteiger partial charge in [-0.15, -0.1) is 0 Å². The molecular weight excluding hydrogens is 296 g/mol. The summed E-state index contributed by atoms with van der Waals surface area (Å²) in [6.45, 7) is 0. The number of rotatable bonds is 3. The molecule has 0 N–H and O–H groups in total. The van der Waals surface area contributed by atoms with Crippen molar-refractivity contribution in [2.24, 2.45) is 0 Å². The van der Waals surface area contributed by atoms with Crippen LogP contribution >= 0.6 is 0 Å². The molecule has 0 aliphatic heterocycles. The first kappa shape index (κ1) is 15.1. The van der Waals surface area contributed by atoms with E-state index in [9.17, 15) is 0 Å². The lowest BCUT2D eigenvalue weighted by molar-refractivity contribution is -0.157. The van der Waals surface area contributed by atoms with Gasteiger partial charge in [-0.3, -0.25) is 0 Å². The first-order valence-electron chi connectivity index (χ1n) is 8.17. The summed E-state index contributed by atoms with van der Waals surface area (Å²) in [5, 5.41) is 4.83. The van der Waals surface area contributed by atoms with E-state index in [4.69, 9.17) is 9.47 Å². The molecule has 0 unspecified atom stereocenters. The van der Waals surface area contributed by atoms with Crippen LogP contribution in [0, 0.1) is 0 Å². The minimum absolute atomic E-state index is 0.690. The molecule has 0 amide bonds. The summed E-state index contributed by atoms with van der Waals surface area (Å²) in [7, 11) is 3.44. The zero-order valence-electron chi connectivity index (χ0n) is 14.0. The lowest BCUT2D eigenvalue weighted by Crippen LogP contribution is -2.45. The molecule has 0 saturated carbocycles. The van der Waals surface area contributed by atoms with Crippen LogP contribution in [0.2, 0.25) is 0 Å². The molecule has 120 valence electrons. The molecule has 2 heteroatoms. The number of methoxy groups -OCH3 is 2. The fraction of sp³-hybridized carbons (Fsp3) is 0.182. The van der Waals surface area contributed by atoms with Crippen molar-refractivity contribution < 1.29 is 9.47 Å². The number of benzene rings is 3. The number of ether oxygens (including phenoxy) is 2. The van der Waals surface area contributed by atoms with Crippen LogP contribution in [0.25, 0.3) is 22.4 Å². The lowest BCUT2D eigenvalue weighted by Gasteiger charge is -2.35. The standard InChI is InChI=1S/C22H20O2/c1-23-22(24-2)15-14-17-9-4-6-12-19(17)21(22)20-13-7-10-16-8-3-5-11-18(16)20/h3-14H,15H2,1-2H3. The second kappa shape index (κ2) is 5.90. The Labute approximate surface area is 141 Å². The molecule has 0 spiro atoms. The normalized spacial score (nSPS) is 15.8. The highest BCUT2D eigenvalue weighted by Crippen LogP contribution is 2.36. The molecule has 0 aromatic heterocycles. The van der Waals surface area contributed by atoms with Gasteiger partial charge in [-0.05, 0) is 26.8 Å². The molecule has 4 rings (SSSR count). The first-order valence-corrected chi connectivity index (χ1v) is 8.17. The molecule has 0 atom stereocenters. The van der Waals surface area contributed by atoms with E-state index in [0.717, 1.165) is 11.1 Å². The van der Waals surface area contributed by atoms with Crippen LogP contribution in [0.1, 0.15) is 12.0 Å². The van der Waals surface area contributed by atoms with Gasteiger partial charge < -0.3 is 9.47 Å². The summed E-state index contributed by atoms with van der Waals surface area (Å²) in [6.07, 6.45) is 2.88. The first-order chi connectivity index (χ1) is 11.8. The molecule has 0 fully saturated rings. The number of hydrogen-bond donors (Lipinski definition) is 0. The van der Waals surface area contributed by atoms with E-state index in [0.29, 0.717) is 6.42 Å². The Morgan fingerprint density at radius 3 is 2.33 bits per heavy atom. The molecule has 1 aliphatic carbocycles. The van der Waals surface area contributed by atoms with Gasteiger partial charge in [0.25, 0.3) is 0 Å². The summed E-state index contributed by atoms with van der Waals surface area (Å²) in [5.74, 6) is -0.765. The van der Waals surface area contributed by atoms with Crippen molar-refractivity contribution in [3.05, 3.63) is 82.7 Å². The van der Waals surface area contributed by atoms with Gasteiger partial charge in [0, 0.05) is 26.2 Å². The number of hydrogen-bond acceptors (Lipinski definition) is 2. The van der Waals surface area contributed by atoms with Crippen LogP contribution in [0.3, 0.4) is 0 Å². The Kier molecular flexibility index (Phi) is 3.72. The van der Waals surface area contributed by atoms with Gasteiger partial charge >= 0.3 is 0 Å².